The van der Waals surface area contributed by atoms with E-state index in [9.17, 15) is 0 Å². The predicted octanol–water partition coefficient (Wildman–Crippen LogP) is 14.7. The highest BCUT2D eigenvalue weighted by atomic mass is 16.3. The van der Waals surface area contributed by atoms with Gasteiger partial charge in [0.15, 0.2) is 0 Å². The largest absolute Gasteiger partial charge is 0.455 e. The Bertz CT molecular complexity index is 3420. The highest BCUT2D eigenvalue weighted by Gasteiger charge is 2.27. The molecule has 0 spiro atoms. The summed E-state index contributed by atoms with van der Waals surface area (Å²) in [5.41, 5.74) is 11.6. The minimum absolute atomic E-state index is 0.803. The second-order valence-electron chi connectivity index (χ2n) is 14.3. The zero-order valence-electron chi connectivity index (χ0n) is 29.7. The fourth-order valence-corrected chi connectivity index (χ4v) is 9.09. The van der Waals surface area contributed by atoms with Crippen LogP contribution in [0.3, 0.4) is 0 Å². The van der Waals surface area contributed by atoms with Crippen LogP contribution in [0.2, 0.25) is 0 Å². The molecule has 9 aromatic carbocycles. The normalized spacial score (nSPS) is 12.0. The Labute approximate surface area is 315 Å². The maximum Gasteiger partial charge on any atom is 0.147 e. The number of aromatic nitrogens is 1. The number of hydrogen-bond donors (Lipinski definition) is 0. The molecule has 3 aromatic heterocycles. The first-order valence-corrected chi connectivity index (χ1v) is 18.8. The summed E-state index contributed by atoms with van der Waals surface area (Å²) in [6.07, 6.45) is 0. The SMILES string of the molecule is c1ccc(-c2oc3ccc4c5ccccc5oc4c3c2-c2c3ccccc3c(-c3ccc4c5ccccc5n(-c5ccccc5)c4c3)c3ccccc23)cc1. The quantitative estimate of drug-likeness (QED) is 0.171. The summed E-state index contributed by atoms with van der Waals surface area (Å²) in [5.74, 6) is 0.834. The van der Waals surface area contributed by atoms with E-state index in [0.29, 0.717) is 0 Å². The Morgan fingerprint density at radius 2 is 0.891 bits per heavy atom. The van der Waals surface area contributed by atoms with Crippen LogP contribution >= 0.6 is 0 Å². The van der Waals surface area contributed by atoms with Crippen LogP contribution < -0.4 is 0 Å². The van der Waals surface area contributed by atoms with Crippen LogP contribution in [0.1, 0.15) is 0 Å². The summed E-state index contributed by atoms with van der Waals surface area (Å²) < 4.78 is 16.1. The van der Waals surface area contributed by atoms with Crippen molar-refractivity contribution in [3.05, 3.63) is 188 Å². The second kappa shape index (κ2) is 11.6. The molecule has 0 radical (unpaired) electrons. The molecule has 256 valence electrons. The first-order chi connectivity index (χ1) is 27.3. The van der Waals surface area contributed by atoms with Crippen molar-refractivity contribution >= 4 is 76.3 Å². The number of nitrogens with zero attached hydrogens (tertiary/aromatic N) is 1. The number of fused-ring (bicyclic) bond motifs is 10. The number of furan rings is 2. The summed E-state index contributed by atoms with van der Waals surface area (Å²) >= 11 is 0. The molecule has 0 fully saturated rings. The molecule has 0 unspecified atom stereocenters. The molecule has 3 nitrogen and oxygen atoms in total. The van der Waals surface area contributed by atoms with E-state index in [1.165, 1.54) is 43.7 Å². The predicted molar refractivity (Wildman–Crippen MR) is 229 cm³/mol. The van der Waals surface area contributed by atoms with E-state index < -0.39 is 0 Å². The van der Waals surface area contributed by atoms with Gasteiger partial charge in [-0.25, -0.2) is 0 Å². The highest BCUT2D eigenvalue weighted by molar-refractivity contribution is 6.28. The third-order valence-corrected chi connectivity index (χ3v) is 11.4. The fourth-order valence-electron chi connectivity index (χ4n) is 9.09. The molecule has 0 N–H and O–H groups in total. The van der Waals surface area contributed by atoms with Crippen molar-refractivity contribution in [1.82, 2.24) is 4.57 Å². The van der Waals surface area contributed by atoms with Crippen LogP contribution in [0.4, 0.5) is 0 Å². The number of hydrogen-bond acceptors (Lipinski definition) is 2. The average Bonchev–Trinajstić information content (AvgIpc) is 3.93. The molecule has 55 heavy (non-hydrogen) atoms. The van der Waals surface area contributed by atoms with Gasteiger partial charge in [0.05, 0.1) is 16.4 Å². The van der Waals surface area contributed by atoms with E-state index in [2.05, 4.69) is 180 Å². The first kappa shape index (κ1) is 30.1. The van der Waals surface area contributed by atoms with Crippen LogP contribution in [-0.2, 0) is 0 Å². The molecular weight excluding hydrogens is 671 g/mol. The number of para-hydroxylation sites is 3. The van der Waals surface area contributed by atoms with Gasteiger partial charge in [-0.05, 0) is 75.1 Å². The van der Waals surface area contributed by atoms with Crippen LogP contribution in [0.25, 0.3) is 116 Å². The first-order valence-electron chi connectivity index (χ1n) is 18.8. The van der Waals surface area contributed by atoms with Gasteiger partial charge < -0.3 is 13.4 Å². The van der Waals surface area contributed by atoms with E-state index in [1.54, 1.807) is 0 Å². The summed E-state index contributed by atoms with van der Waals surface area (Å²) in [4.78, 5) is 0. The van der Waals surface area contributed by atoms with Gasteiger partial charge in [-0.15, -0.1) is 0 Å². The molecule has 0 atom stereocenters. The molecule has 0 saturated heterocycles. The molecule has 0 saturated carbocycles. The summed E-state index contributed by atoms with van der Waals surface area (Å²) in [6.45, 7) is 0. The summed E-state index contributed by atoms with van der Waals surface area (Å²) in [6, 6.07) is 67.1. The molecule has 12 rings (SSSR count). The third-order valence-electron chi connectivity index (χ3n) is 11.4. The smallest absolute Gasteiger partial charge is 0.147 e. The van der Waals surface area contributed by atoms with Gasteiger partial charge in [-0.3, -0.25) is 0 Å². The van der Waals surface area contributed by atoms with Crippen LogP contribution in [0, 0.1) is 0 Å². The number of rotatable bonds is 4. The van der Waals surface area contributed by atoms with Crippen LogP contribution in [-0.4, -0.2) is 4.57 Å². The van der Waals surface area contributed by atoms with Crippen molar-refractivity contribution in [2.24, 2.45) is 0 Å². The lowest BCUT2D eigenvalue weighted by Gasteiger charge is -2.18. The van der Waals surface area contributed by atoms with Crippen LogP contribution in [0.5, 0.6) is 0 Å². The maximum atomic E-state index is 6.93. The van der Waals surface area contributed by atoms with Gasteiger partial charge in [0, 0.05) is 43.9 Å². The van der Waals surface area contributed by atoms with Crippen molar-refractivity contribution in [3.63, 3.8) is 0 Å². The number of benzene rings is 9. The van der Waals surface area contributed by atoms with Crippen molar-refractivity contribution in [3.8, 4) is 39.3 Å². The second-order valence-corrected chi connectivity index (χ2v) is 14.3. The molecule has 0 aliphatic carbocycles. The molecule has 0 amide bonds. The molecule has 12 aromatic rings. The van der Waals surface area contributed by atoms with E-state index in [4.69, 9.17) is 8.83 Å². The lowest BCUT2D eigenvalue weighted by molar-refractivity contribution is 0.631. The maximum absolute atomic E-state index is 6.93. The lowest BCUT2D eigenvalue weighted by Crippen LogP contribution is -1.94. The Balaban J connectivity index is 1.22. The van der Waals surface area contributed by atoms with E-state index in [-0.39, 0.29) is 0 Å². The monoisotopic (exact) mass is 701 g/mol. The zero-order valence-corrected chi connectivity index (χ0v) is 29.7. The van der Waals surface area contributed by atoms with E-state index in [1.807, 2.05) is 12.1 Å². The van der Waals surface area contributed by atoms with Crippen molar-refractivity contribution in [2.75, 3.05) is 0 Å². The zero-order chi connectivity index (χ0) is 36.0. The fraction of sp³-hybridized carbons (Fsp3) is 0. The minimum Gasteiger partial charge on any atom is -0.455 e. The lowest BCUT2D eigenvalue weighted by atomic mass is 9.84. The van der Waals surface area contributed by atoms with Gasteiger partial charge in [-0.2, -0.15) is 0 Å². The van der Waals surface area contributed by atoms with Gasteiger partial charge in [-0.1, -0.05) is 146 Å². The Kier molecular flexibility index (Phi) is 6.34. The molecule has 3 heteroatoms. The van der Waals surface area contributed by atoms with Crippen molar-refractivity contribution in [2.45, 2.75) is 0 Å². The van der Waals surface area contributed by atoms with Gasteiger partial charge >= 0.3 is 0 Å². The topological polar surface area (TPSA) is 31.2 Å². The summed E-state index contributed by atoms with van der Waals surface area (Å²) in [7, 11) is 0. The molecular formula is C52H31NO2. The summed E-state index contributed by atoms with van der Waals surface area (Å²) in [5, 5.41) is 10.3. The van der Waals surface area contributed by atoms with E-state index >= 15 is 0 Å². The Hall–Kier alpha value is -7.36. The molecule has 0 aliphatic rings. The Morgan fingerprint density at radius 3 is 1.62 bits per heavy atom. The minimum atomic E-state index is 0.803. The van der Waals surface area contributed by atoms with Crippen LogP contribution in [0.15, 0.2) is 197 Å². The molecule has 0 bridgehead atoms. The average molecular weight is 702 g/mol. The van der Waals surface area contributed by atoms with Crippen molar-refractivity contribution in [1.29, 1.82) is 0 Å². The van der Waals surface area contributed by atoms with Gasteiger partial charge in [0.25, 0.3) is 0 Å². The molecule has 0 aliphatic heterocycles. The third kappa shape index (κ3) is 4.32. The van der Waals surface area contributed by atoms with Gasteiger partial charge in [0.2, 0.25) is 0 Å². The van der Waals surface area contributed by atoms with Crippen molar-refractivity contribution < 1.29 is 8.83 Å². The van der Waals surface area contributed by atoms with E-state index in [0.717, 1.165) is 71.8 Å². The van der Waals surface area contributed by atoms with Gasteiger partial charge in [0.1, 0.15) is 22.5 Å². The Morgan fingerprint density at radius 1 is 0.327 bits per heavy atom. The standard InChI is InChI=1S/C52H31NO2/c1-3-15-32(16-4-1)51-50(49-46(55-51)30-29-42-37-20-12-14-26-45(37)54-52(42)49)48-40-23-9-7-21-38(40)47(39-22-8-10-24-41(39)48)33-27-28-36-35-19-11-13-25-43(35)53(44(36)31-33)34-17-5-2-6-18-34/h1-31H. The molecule has 3 heterocycles. The highest BCUT2D eigenvalue weighted by Crippen LogP contribution is 2.52.